The van der Waals surface area contributed by atoms with Crippen molar-refractivity contribution in [3.05, 3.63) is 33.8 Å². The fraction of sp³-hybridized carbons (Fsp3) is 0.538. The lowest BCUT2D eigenvalue weighted by atomic mass is 10.0. The second-order valence-electron chi connectivity index (χ2n) is 4.84. The molecule has 2 aliphatic rings. The van der Waals surface area contributed by atoms with Crippen molar-refractivity contribution in [3.63, 3.8) is 0 Å². The van der Waals surface area contributed by atoms with Crippen molar-refractivity contribution in [2.45, 2.75) is 19.3 Å². The van der Waals surface area contributed by atoms with E-state index in [1.54, 1.807) is 11.1 Å². The fourth-order valence-corrected chi connectivity index (χ4v) is 3.14. The number of halogens is 1. The first-order valence-corrected chi connectivity index (χ1v) is 6.60. The highest BCUT2D eigenvalue weighted by atomic mass is 79.9. The molecule has 1 fully saturated rings. The molecule has 2 heteroatoms. The Morgan fingerprint density at radius 3 is 2.73 bits per heavy atom. The van der Waals surface area contributed by atoms with E-state index in [9.17, 15) is 0 Å². The van der Waals surface area contributed by atoms with Crippen molar-refractivity contribution in [2.24, 2.45) is 5.92 Å². The van der Waals surface area contributed by atoms with Crippen LogP contribution in [0.4, 0.5) is 0 Å². The minimum absolute atomic E-state index is 0.870. The highest BCUT2D eigenvalue weighted by Crippen LogP contribution is 2.30. The lowest BCUT2D eigenvalue weighted by molar-refractivity contribution is 0.154. The molecule has 0 N–H and O–H groups in total. The molecule has 80 valence electrons. The number of fused-ring (bicyclic) bond motifs is 1. The van der Waals surface area contributed by atoms with Gasteiger partial charge in [-0.1, -0.05) is 22.0 Å². The maximum atomic E-state index is 3.55. The number of likely N-dealkylation sites (tertiary alicyclic amines) is 1. The maximum absolute atomic E-state index is 3.55. The van der Waals surface area contributed by atoms with E-state index in [0.717, 1.165) is 5.92 Å². The number of benzene rings is 1. The minimum atomic E-state index is 0.870. The maximum Gasteiger partial charge on any atom is 0.0178 e. The molecule has 0 amide bonds. The Hall–Kier alpha value is -0.340. The Bertz CT molecular complexity index is 371. The highest BCUT2D eigenvalue weighted by molar-refractivity contribution is 9.10. The predicted octanol–water partition coefficient (Wildman–Crippen LogP) is 2.87. The summed E-state index contributed by atoms with van der Waals surface area (Å²) in [6, 6.07) is 6.76. The van der Waals surface area contributed by atoms with Gasteiger partial charge in [0.1, 0.15) is 0 Å². The fourth-order valence-electron chi connectivity index (χ4n) is 2.74. The summed E-state index contributed by atoms with van der Waals surface area (Å²) in [6.07, 6.45) is 3.98. The van der Waals surface area contributed by atoms with Gasteiger partial charge in [-0.15, -0.1) is 0 Å². The normalized spacial score (nSPS) is 25.0. The molecule has 1 aromatic rings. The first-order chi connectivity index (χ1) is 7.31. The van der Waals surface area contributed by atoms with Crippen LogP contribution in [0.2, 0.25) is 0 Å². The van der Waals surface area contributed by atoms with Crippen LogP contribution in [-0.4, -0.2) is 24.5 Å². The third-order valence-electron chi connectivity index (χ3n) is 3.65. The van der Waals surface area contributed by atoms with Gasteiger partial charge < -0.3 is 4.90 Å². The third-order valence-corrected chi connectivity index (χ3v) is 4.14. The average molecular weight is 266 g/mol. The SMILES string of the molecule is Brc1ccc2c(c1)CC(CN1CCC1)C2. The molecule has 0 aromatic heterocycles. The molecule has 1 atom stereocenters. The molecule has 0 spiro atoms. The summed E-state index contributed by atoms with van der Waals surface area (Å²) in [5.74, 6) is 0.870. The van der Waals surface area contributed by atoms with E-state index in [1.807, 2.05) is 0 Å². The average Bonchev–Trinajstić information content (AvgIpc) is 2.53. The molecular formula is C13H16BrN. The molecule has 1 heterocycles. The molecule has 1 aromatic carbocycles. The van der Waals surface area contributed by atoms with Crippen molar-refractivity contribution in [3.8, 4) is 0 Å². The van der Waals surface area contributed by atoms with Gasteiger partial charge in [0.25, 0.3) is 0 Å². The van der Waals surface area contributed by atoms with Crippen LogP contribution in [0.15, 0.2) is 22.7 Å². The summed E-state index contributed by atoms with van der Waals surface area (Å²) < 4.78 is 1.23. The zero-order valence-corrected chi connectivity index (χ0v) is 10.5. The monoisotopic (exact) mass is 265 g/mol. The van der Waals surface area contributed by atoms with E-state index in [2.05, 4.69) is 39.0 Å². The molecule has 1 aliphatic carbocycles. The Morgan fingerprint density at radius 1 is 1.20 bits per heavy atom. The zero-order chi connectivity index (χ0) is 10.3. The van der Waals surface area contributed by atoms with Crippen LogP contribution in [0.5, 0.6) is 0 Å². The molecule has 0 radical (unpaired) electrons. The predicted molar refractivity (Wildman–Crippen MR) is 66.1 cm³/mol. The van der Waals surface area contributed by atoms with Crippen LogP contribution in [-0.2, 0) is 12.8 Å². The molecular weight excluding hydrogens is 250 g/mol. The van der Waals surface area contributed by atoms with Gasteiger partial charge in [0.2, 0.25) is 0 Å². The second kappa shape index (κ2) is 3.91. The van der Waals surface area contributed by atoms with E-state index in [-0.39, 0.29) is 0 Å². The molecule has 1 unspecified atom stereocenters. The summed E-state index contributed by atoms with van der Waals surface area (Å²) in [5.41, 5.74) is 3.14. The van der Waals surface area contributed by atoms with Crippen molar-refractivity contribution >= 4 is 15.9 Å². The largest absolute Gasteiger partial charge is 0.303 e. The van der Waals surface area contributed by atoms with E-state index >= 15 is 0 Å². The summed E-state index contributed by atoms with van der Waals surface area (Å²) >= 11 is 3.55. The van der Waals surface area contributed by atoms with Crippen LogP contribution >= 0.6 is 15.9 Å². The number of hydrogen-bond acceptors (Lipinski definition) is 1. The van der Waals surface area contributed by atoms with E-state index in [1.165, 1.54) is 43.4 Å². The van der Waals surface area contributed by atoms with Crippen LogP contribution in [0.25, 0.3) is 0 Å². The number of rotatable bonds is 2. The van der Waals surface area contributed by atoms with Crippen LogP contribution < -0.4 is 0 Å². The summed E-state index contributed by atoms with van der Waals surface area (Å²) in [4.78, 5) is 2.59. The molecule has 3 rings (SSSR count). The van der Waals surface area contributed by atoms with Crippen LogP contribution in [0, 0.1) is 5.92 Å². The van der Waals surface area contributed by atoms with Crippen molar-refractivity contribution in [1.82, 2.24) is 4.90 Å². The van der Waals surface area contributed by atoms with Gasteiger partial charge in [-0.05, 0) is 61.5 Å². The van der Waals surface area contributed by atoms with Gasteiger partial charge in [-0.3, -0.25) is 0 Å². The van der Waals surface area contributed by atoms with E-state index < -0.39 is 0 Å². The zero-order valence-electron chi connectivity index (χ0n) is 8.88. The van der Waals surface area contributed by atoms with Gasteiger partial charge in [0.05, 0.1) is 0 Å². The summed E-state index contributed by atoms with van der Waals surface area (Å²) in [5, 5.41) is 0. The molecule has 1 nitrogen and oxygen atoms in total. The summed E-state index contributed by atoms with van der Waals surface area (Å²) in [6.45, 7) is 3.97. The molecule has 1 aliphatic heterocycles. The Kier molecular flexibility index (Phi) is 2.57. The lowest BCUT2D eigenvalue weighted by Crippen LogP contribution is -2.40. The third kappa shape index (κ3) is 1.98. The molecule has 15 heavy (non-hydrogen) atoms. The van der Waals surface area contributed by atoms with Crippen LogP contribution in [0.1, 0.15) is 17.5 Å². The Labute approximate surface area is 99.6 Å². The van der Waals surface area contributed by atoms with Gasteiger partial charge in [-0.2, -0.15) is 0 Å². The second-order valence-corrected chi connectivity index (χ2v) is 5.76. The quantitative estimate of drug-likeness (QED) is 0.795. The van der Waals surface area contributed by atoms with Gasteiger partial charge >= 0.3 is 0 Å². The van der Waals surface area contributed by atoms with Gasteiger partial charge in [-0.25, -0.2) is 0 Å². The first kappa shape index (κ1) is 9.86. The van der Waals surface area contributed by atoms with Crippen LogP contribution in [0.3, 0.4) is 0 Å². The highest BCUT2D eigenvalue weighted by Gasteiger charge is 2.25. The summed E-state index contributed by atoms with van der Waals surface area (Å²) in [7, 11) is 0. The first-order valence-electron chi connectivity index (χ1n) is 5.81. The van der Waals surface area contributed by atoms with E-state index in [4.69, 9.17) is 0 Å². The number of nitrogens with zero attached hydrogens (tertiary/aromatic N) is 1. The topological polar surface area (TPSA) is 3.24 Å². The molecule has 0 saturated carbocycles. The van der Waals surface area contributed by atoms with Gasteiger partial charge in [0, 0.05) is 11.0 Å². The van der Waals surface area contributed by atoms with Gasteiger partial charge in [0.15, 0.2) is 0 Å². The van der Waals surface area contributed by atoms with Crippen molar-refractivity contribution in [1.29, 1.82) is 0 Å². The lowest BCUT2D eigenvalue weighted by Gasteiger charge is -2.32. The Morgan fingerprint density at radius 2 is 2.00 bits per heavy atom. The molecule has 1 saturated heterocycles. The van der Waals surface area contributed by atoms with E-state index in [0.29, 0.717) is 0 Å². The standard InChI is InChI=1S/C13H16BrN/c14-13-3-2-11-6-10(7-12(11)8-13)9-15-4-1-5-15/h2-3,8,10H,1,4-7,9H2. The molecule has 0 bridgehead atoms. The van der Waals surface area contributed by atoms with Crippen molar-refractivity contribution < 1.29 is 0 Å². The van der Waals surface area contributed by atoms with Crippen molar-refractivity contribution in [2.75, 3.05) is 19.6 Å². The minimum Gasteiger partial charge on any atom is -0.303 e. The Balaban J connectivity index is 1.68. The number of hydrogen-bond donors (Lipinski definition) is 0. The smallest absolute Gasteiger partial charge is 0.0178 e.